The van der Waals surface area contributed by atoms with Gasteiger partial charge in [0.2, 0.25) is 0 Å². The van der Waals surface area contributed by atoms with Crippen LogP contribution in [0.5, 0.6) is 0 Å². The highest BCUT2D eigenvalue weighted by atomic mass is 35.5. The maximum Gasteiger partial charge on any atom is 0.182 e. The fourth-order valence-electron chi connectivity index (χ4n) is 2.02. The smallest absolute Gasteiger partial charge is 0.182 e. The van der Waals surface area contributed by atoms with Crippen LogP contribution in [-0.2, 0) is 16.4 Å². The van der Waals surface area contributed by atoms with Crippen LogP contribution in [0.15, 0.2) is 29.2 Å². The molecular formula is C13H17ClN4O2S. The van der Waals surface area contributed by atoms with Crippen molar-refractivity contribution in [2.75, 3.05) is 31.0 Å². The highest BCUT2D eigenvalue weighted by molar-refractivity contribution is 7.91. The molecule has 0 fully saturated rings. The lowest BCUT2D eigenvalue weighted by Gasteiger charge is -2.09. The van der Waals surface area contributed by atoms with Gasteiger partial charge in [0.1, 0.15) is 5.82 Å². The minimum Gasteiger partial charge on any atom is -0.383 e. The van der Waals surface area contributed by atoms with E-state index in [9.17, 15) is 8.42 Å². The number of hydrogen-bond donors (Lipinski definition) is 1. The first-order valence-corrected chi connectivity index (χ1v) is 8.45. The van der Waals surface area contributed by atoms with Gasteiger partial charge >= 0.3 is 0 Å². The molecule has 0 aliphatic carbocycles. The maximum absolute atomic E-state index is 11.9. The average molecular weight is 329 g/mol. The van der Waals surface area contributed by atoms with Gasteiger partial charge in [0, 0.05) is 25.4 Å². The zero-order valence-corrected chi connectivity index (χ0v) is 13.6. The predicted octanol–water partition coefficient (Wildman–Crippen LogP) is 1.64. The highest BCUT2D eigenvalue weighted by Gasteiger charge is 2.25. The normalized spacial score (nSPS) is 11.6. The van der Waals surface area contributed by atoms with Crippen molar-refractivity contribution in [3.63, 3.8) is 0 Å². The summed E-state index contributed by atoms with van der Waals surface area (Å²) >= 11 is 5.95. The largest absolute Gasteiger partial charge is 0.383 e. The Morgan fingerprint density at radius 3 is 2.52 bits per heavy atom. The average Bonchev–Trinajstić information content (AvgIpc) is 2.67. The standard InChI is InChI=1S/C13H17ClN4O2S/c1-17(2)13-11(21(3,19)20)12(15)18(16-13)8-9-5-4-6-10(14)7-9/h4-7H,8,15H2,1-3H3. The molecule has 0 aliphatic heterocycles. The van der Waals surface area contributed by atoms with Crippen LogP contribution in [0.1, 0.15) is 5.56 Å². The minimum atomic E-state index is -3.46. The van der Waals surface area contributed by atoms with Crippen molar-refractivity contribution in [2.45, 2.75) is 11.4 Å². The van der Waals surface area contributed by atoms with E-state index in [4.69, 9.17) is 17.3 Å². The van der Waals surface area contributed by atoms with E-state index in [2.05, 4.69) is 5.10 Å². The molecule has 21 heavy (non-hydrogen) atoms. The Kier molecular flexibility index (Phi) is 4.15. The number of aromatic nitrogens is 2. The monoisotopic (exact) mass is 328 g/mol. The van der Waals surface area contributed by atoms with Crippen molar-refractivity contribution in [1.29, 1.82) is 0 Å². The number of nitrogens with two attached hydrogens (primary N) is 1. The quantitative estimate of drug-likeness (QED) is 0.922. The van der Waals surface area contributed by atoms with E-state index in [0.717, 1.165) is 11.8 Å². The summed E-state index contributed by atoms with van der Waals surface area (Å²) in [5.41, 5.74) is 6.87. The van der Waals surface area contributed by atoms with Crippen LogP contribution in [0.25, 0.3) is 0 Å². The SMILES string of the molecule is CN(C)c1nn(Cc2cccc(Cl)c2)c(N)c1S(C)(=O)=O. The van der Waals surface area contributed by atoms with Gasteiger partial charge in [-0.15, -0.1) is 0 Å². The van der Waals surface area contributed by atoms with Crippen molar-refractivity contribution in [3.05, 3.63) is 34.9 Å². The molecule has 2 aromatic rings. The molecule has 2 rings (SSSR count). The van der Waals surface area contributed by atoms with Gasteiger partial charge in [0.05, 0.1) is 6.54 Å². The Morgan fingerprint density at radius 2 is 2.05 bits per heavy atom. The molecule has 114 valence electrons. The number of anilines is 2. The summed E-state index contributed by atoms with van der Waals surface area (Å²) in [5.74, 6) is 0.457. The minimum absolute atomic E-state index is 0.0505. The first-order chi connectivity index (χ1) is 9.70. The highest BCUT2D eigenvalue weighted by Crippen LogP contribution is 2.29. The van der Waals surface area contributed by atoms with E-state index in [1.807, 2.05) is 12.1 Å². The summed E-state index contributed by atoms with van der Waals surface area (Å²) in [6.07, 6.45) is 1.12. The molecule has 0 bridgehead atoms. The zero-order valence-electron chi connectivity index (χ0n) is 12.0. The molecule has 0 saturated carbocycles. The lowest BCUT2D eigenvalue weighted by Crippen LogP contribution is -2.13. The van der Waals surface area contributed by atoms with Crippen LogP contribution in [0, 0.1) is 0 Å². The molecule has 8 heteroatoms. The lowest BCUT2D eigenvalue weighted by molar-refractivity contribution is 0.602. The Labute approximate surface area is 129 Å². The van der Waals surface area contributed by atoms with Crippen molar-refractivity contribution >= 4 is 33.1 Å². The molecule has 0 saturated heterocycles. The first-order valence-electron chi connectivity index (χ1n) is 6.18. The Hall–Kier alpha value is -1.73. The Bertz CT molecular complexity index is 768. The predicted molar refractivity (Wildman–Crippen MR) is 84.6 cm³/mol. The van der Waals surface area contributed by atoms with Gasteiger partial charge in [-0.25, -0.2) is 13.1 Å². The number of hydrogen-bond acceptors (Lipinski definition) is 5. The second-order valence-electron chi connectivity index (χ2n) is 4.99. The van der Waals surface area contributed by atoms with Crippen molar-refractivity contribution in [3.8, 4) is 0 Å². The van der Waals surface area contributed by atoms with Gasteiger partial charge in [-0.05, 0) is 17.7 Å². The summed E-state index contributed by atoms with van der Waals surface area (Å²) in [5, 5.41) is 4.90. The number of nitrogen functional groups attached to an aromatic ring is 1. The van der Waals surface area contributed by atoms with Crippen molar-refractivity contribution in [2.24, 2.45) is 0 Å². The number of sulfone groups is 1. The van der Waals surface area contributed by atoms with Crippen LogP contribution < -0.4 is 10.6 Å². The topological polar surface area (TPSA) is 81.2 Å². The first kappa shape index (κ1) is 15.7. The third-order valence-electron chi connectivity index (χ3n) is 2.95. The zero-order chi connectivity index (χ0) is 15.8. The molecule has 0 unspecified atom stereocenters. The fraction of sp³-hybridized carbons (Fsp3) is 0.308. The Morgan fingerprint density at radius 1 is 1.38 bits per heavy atom. The molecule has 2 N–H and O–H groups in total. The molecule has 1 heterocycles. The van der Waals surface area contributed by atoms with E-state index < -0.39 is 9.84 Å². The number of benzene rings is 1. The fourth-order valence-corrected chi connectivity index (χ4v) is 3.28. The lowest BCUT2D eigenvalue weighted by atomic mass is 10.2. The summed E-state index contributed by atoms with van der Waals surface area (Å²) in [6, 6.07) is 7.26. The molecule has 0 spiro atoms. The second kappa shape index (κ2) is 5.57. The van der Waals surface area contributed by atoms with Crippen molar-refractivity contribution in [1.82, 2.24) is 9.78 Å². The summed E-state index contributed by atoms with van der Waals surface area (Å²) < 4.78 is 25.3. The number of nitrogens with zero attached hydrogens (tertiary/aromatic N) is 3. The van der Waals surface area contributed by atoms with Crippen LogP contribution in [0.2, 0.25) is 5.02 Å². The van der Waals surface area contributed by atoms with E-state index in [-0.39, 0.29) is 10.7 Å². The van der Waals surface area contributed by atoms with Crippen LogP contribution >= 0.6 is 11.6 Å². The molecule has 6 nitrogen and oxygen atoms in total. The van der Waals surface area contributed by atoms with Gasteiger partial charge in [0.15, 0.2) is 20.6 Å². The van der Waals surface area contributed by atoms with E-state index in [1.54, 1.807) is 31.1 Å². The molecule has 0 radical (unpaired) electrons. The van der Waals surface area contributed by atoms with Gasteiger partial charge in [-0.1, -0.05) is 23.7 Å². The molecule has 1 aromatic heterocycles. The number of halogens is 1. The number of rotatable bonds is 4. The summed E-state index contributed by atoms with van der Waals surface area (Å²) in [4.78, 5) is 1.68. The van der Waals surface area contributed by atoms with Gasteiger partial charge in [-0.2, -0.15) is 5.10 Å². The van der Waals surface area contributed by atoms with Crippen LogP contribution in [0.4, 0.5) is 11.6 Å². The maximum atomic E-state index is 11.9. The molecule has 0 aliphatic rings. The van der Waals surface area contributed by atoms with Crippen LogP contribution in [0.3, 0.4) is 0 Å². The third kappa shape index (κ3) is 3.30. The van der Waals surface area contributed by atoms with Crippen molar-refractivity contribution < 1.29 is 8.42 Å². The molecular weight excluding hydrogens is 312 g/mol. The van der Waals surface area contributed by atoms with Gasteiger partial charge < -0.3 is 10.6 Å². The van der Waals surface area contributed by atoms with E-state index in [0.29, 0.717) is 17.4 Å². The second-order valence-corrected chi connectivity index (χ2v) is 7.38. The molecule has 1 aromatic carbocycles. The summed E-state index contributed by atoms with van der Waals surface area (Å²) in [6.45, 7) is 0.350. The third-order valence-corrected chi connectivity index (χ3v) is 4.31. The molecule has 0 amide bonds. The van der Waals surface area contributed by atoms with Gasteiger partial charge in [0.25, 0.3) is 0 Å². The van der Waals surface area contributed by atoms with E-state index in [1.165, 1.54) is 4.68 Å². The molecule has 0 atom stereocenters. The van der Waals surface area contributed by atoms with E-state index >= 15 is 0 Å². The summed E-state index contributed by atoms with van der Waals surface area (Å²) in [7, 11) is -0.0200. The Balaban J connectivity index is 2.51. The van der Waals surface area contributed by atoms with Gasteiger partial charge in [-0.3, -0.25) is 0 Å². The van der Waals surface area contributed by atoms with Crippen LogP contribution in [-0.4, -0.2) is 38.5 Å².